The van der Waals surface area contributed by atoms with Crippen LogP contribution in [0, 0.1) is 0 Å². The van der Waals surface area contributed by atoms with Crippen molar-refractivity contribution >= 4 is 29.8 Å². The third-order valence-electron chi connectivity index (χ3n) is 2.56. The fourth-order valence-electron chi connectivity index (χ4n) is 1.36. The highest BCUT2D eigenvalue weighted by Gasteiger charge is 2.26. The second kappa shape index (κ2) is 11.0. The van der Waals surface area contributed by atoms with Crippen LogP contribution < -0.4 is 28.7 Å². The van der Waals surface area contributed by atoms with Crippen molar-refractivity contribution in [1.29, 1.82) is 0 Å². The smallest absolute Gasteiger partial charge is 0.331 e. The van der Waals surface area contributed by atoms with E-state index in [1.165, 1.54) is 0 Å². The molecule has 10 N–H and O–H groups in total. The van der Waals surface area contributed by atoms with Gasteiger partial charge in [0.25, 0.3) is 0 Å². The fourth-order valence-corrected chi connectivity index (χ4v) is 1.36. The predicted molar refractivity (Wildman–Crippen MR) is 81.7 cm³/mol. The number of guanidine groups is 1. The summed E-state index contributed by atoms with van der Waals surface area (Å²) >= 11 is 0. The van der Waals surface area contributed by atoms with Gasteiger partial charge in [-0.1, -0.05) is 0 Å². The Morgan fingerprint density at radius 1 is 0.917 bits per heavy atom. The molecule has 0 heterocycles. The first-order valence-corrected chi connectivity index (χ1v) is 6.93. The van der Waals surface area contributed by atoms with Crippen molar-refractivity contribution in [2.75, 3.05) is 13.1 Å². The van der Waals surface area contributed by atoms with Crippen LogP contribution in [-0.4, -0.2) is 55.0 Å². The van der Waals surface area contributed by atoms with E-state index >= 15 is 0 Å². The van der Waals surface area contributed by atoms with E-state index < -0.39 is 48.9 Å². The molecule has 24 heavy (non-hydrogen) atoms. The van der Waals surface area contributed by atoms with Gasteiger partial charge in [0.1, 0.15) is 12.1 Å². The molecule has 0 rings (SSSR count). The summed E-state index contributed by atoms with van der Waals surface area (Å²) in [5.41, 5.74) is 26.1. The molecule has 0 radical (unpaired) electrons. The van der Waals surface area contributed by atoms with E-state index in [0.29, 0.717) is 6.42 Å². The van der Waals surface area contributed by atoms with Gasteiger partial charge in [-0.2, -0.15) is 0 Å². The number of hydrogen-bond acceptors (Lipinski definition) is 10. The molecular weight excluding hydrogens is 324 g/mol. The summed E-state index contributed by atoms with van der Waals surface area (Å²) in [6, 6.07) is -2.57. The largest absolute Gasteiger partial charge is 0.392 e. The maximum atomic E-state index is 11.6. The summed E-state index contributed by atoms with van der Waals surface area (Å²) in [6.45, 7) is -0.240. The van der Waals surface area contributed by atoms with Crippen LogP contribution in [0.1, 0.15) is 19.3 Å². The van der Waals surface area contributed by atoms with E-state index in [4.69, 9.17) is 28.7 Å². The standard InChI is InChI=1S/C12H22N6O6/c13-5-9(20)23-8(19)4-7(15)11(22)24-10(21)6(14)2-1-3-18-12(16)17/h6-7H,1-5,13-15H2,(H4,16,17,18). The zero-order chi connectivity index (χ0) is 18.7. The number of esters is 4. The van der Waals surface area contributed by atoms with Crippen molar-refractivity contribution in [3.05, 3.63) is 0 Å². The average Bonchev–Trinajstić information content (AvgIpc) is 2.50. The minimum absolute atomic E-state index is 0.0905. The van der Waals surface area contributed by atoms with Crippen LogP contribution in [0.15, 0.2) is 4.99 Å². The Morgan fingerprint density at radius 3 is 2.04 bits per heavy atom. The third kappa shape index (κ3) is 9.45. The number of nitrogens with zero attached hydrogens (tertiary/aromatic N) is 1. The van der Waals surface area contributed by atoms with Crippen LogP contribution in [0.25, 0.3) is 0 Å². The summed E-state index contributed by atoms with van der Waals surface area (Å²) in [6.07, 6.45) is -0.0926. The van der Waals surface area contributed by atoms with Crippen LogP contribution in [0.2, 0.25) is 0 Å². The molecule has 0 bridgehead atoms. The Labute approximate surface area is 137 Å². The number of carbonyl (C=O) groups is 4. The summed E-state index contributed by atoms with van der Waals surface area (Å²) in [5, 5.41) is 0. The van der Waals surface area contributed by atoms with Crippen LogP contribution in [0.4, 0.5) is 0 Å². The zero-order valence-electron chi connectivity index (χ0n) is 13.0. The van der Waals surface area contributed by atoms with Crippen molar-refractivity contribution in [1.82, 2.24) is 0 Å². The molecule has 0 spiro atoms. The Morgan fingerprint density at radius 2 is 1.50 bits per heavy atom. The molecule has 0 aromatic rings. The molecule has 0 aliphatic carbocycles. The zero-order valence-corrected chi connectivity index (χ0v) is 13.0. The Hall–Kier alpha value is -2.57. The molecule has 0 aromatic carbocycles. The van der Waals surface area contributed by atoms with E-state index in [2.05, 4.69) is 14.5 Å². The van der Waals surface area contributed by atoms with Gasteiger partial charge in [0.2, 0.25) is 0 Å². The lowest BCUT2D eigenvalue weighted by molar-refractivity contribution is -0.166. The van der Waals surface area contributed by atoms with Gasteiger partial charge in [-0.3, -0.25) is 14.6 Å². The highest BCUT2D eigenvalue weighted by Crippen LogP contribution is 2.01. The molecule has 2 unspecified atom stereocenters. The SMILES string of the molecule is NCC(=O)OC(=O)CC(N)C(=O)OC(=O)C(N)CCCN=C(N)N. The lowest BCUT2D eigenvalue weighted by Gasteiger charge is -2.12. The number of aliphatic imine (C=N–C) groups is 1. The van der Waals surface area contributed by atoms with Crippen molar-refractivity contribution in [2.45, 2.75) is 31.3 Å². The van der Waals surface area contributed by atoms with Gasteiger partial charge >= 0.3 is 23.9 Å². The van der Waals surface area contributed by atoms with E-state index in [9.17, 15) is 19.2 Å². The van der Waals surface area contributed by atoms with Gasteiger partial charge in [-0.15, -0.1) is 0 Å². The first kappa shape index (κ1) is 21.4. The summed E-state index contributed by atoms with van der Waals surface area (Å²) < 4.78 is 8.68. The second-order valence-corrected chi connectivity index (χ2v) is 4.66. The molecule has 0 aromatic heterocycles. The normalized spacial score (nSPS) is 12.6. The minimum atomic E-state index is -1.49. The van der Waals surface area contributed by atoms with Crippen LogP contribution in [0.3, 0.4) is 0 Å². The molecule has 0 fully saturated rings. The van der Waals surface area contributed by atoms with Crippen LogP contribution in [0.5, 0.6) is 0 Å². The van der Waals surface area contributed by atoms with Gasteiger partial charge in [0.05, 0.1) is 13.0 Å². The van der Waals surface area contributed by atoms with Crippen molar-refractivity contribution < 1.29 is 28.7 Å². The Kier molecular flexibility index (Phi) is 9.86. The van der Waals surface area contributed by atoms with Gasteiger partial charge in [-0.25, -0.2) is 9.59 Å². The maximum absolute atomic E-state index is 11.6. The summed E-state index contributed by atoms with van der Waals surface area (Å²) in [5.74, 6) is -4.31. The van der Waals surface area contributed by atoms with E-state index in [1.54, 1.807) is 0 Å². The number of hydrogen-bond donors (Lipinski definition) is 5. The van der Waals surface area contributed by atoms with Crippen LogP contribution in [-0.2, 0) is 28.7 Å². The summed E-state index contributed by atoms with van der Waals surface area (Å²) in [4.78, 5) is 48.9. The first-order valence-electron chi connectivity index (χ1n) is 6.93. The van der Waals surface area contributed by atoms with E-state index in [0.717, 1.165) is 0 Å². The molecular formula is C12H22N6O6. The minimum Gasteiger partial charge on any atom is -0.392 e. The molecule has 2 atom stereocenters. The van der Waals surface area contributed by atoms with Crippen molar-refractivity contribution in [3.63, 3.8) is 0 Å². The molecule has 0 aliphatic heterocycles. The monoisotopic (exact) mass is 346 g/mol. The molecule has 12 nitrogen and oxygen atoms in total. The lowest BCUT2D eigenvalue weighted by Crippen LogP contribution is -2.41. The molecule has 0 aliphatic rings. The molecule has 0 saturated heterocycles. The van der Waals surface area contributed by atoms with Gasteiger partial charge in [0.15, 0.2) is 5.96 Å². The molecule has 0 amide bonds. The molecule has 12 heteroatoms. The summed E-state index contributed by atoms with van der Waals surface area (Å²) in [7, 11) is 0. The highest BCUT2D eigenvalue weighted by atomic mass is 16.6. The van der Waals surface area contributed by atoms with E-state index in [1.807, 2.05) is 0 Å². The maximum Gasteiger partial charge on any atom is 0.331 e. The van der Waals surface area contributed by atoms with Gasteiger partial charge < -0.3 is 38.1 Å². The predicted octanol–water partition coefficient (Wildman–Crippen LogP) is -3.82. The first-order chi connectivity index (χ1) is 11.2. The number of rotatable bonds is 9. The van der Waals surface area contributed by atoms with Crippen LogP contribution >= 0.6 is 0 Å². The Balaban J connectivity index is 4.23. The van der Waals surface area contributed by atoms with Crippen molar-refractivity contribution in [2.24, 2.45) is 33.7 Å². The molecule has 136 valence electrons. The Bertz CT molecular complexity index is 504. The highest BCUT2D eigenvalue weighted by molar-refractivity contribution is 5.94. The lowest BCUT2D eigenvalue weighted by atomic mass is 10.1. The van der Waals surface area contributed by atoms with Crippen molar-refractivity contribution in [3.8, 4) is 0 Å². The number of nitrogens with two attached hydrogens (primary N) is 5. The van der Waals surface area contributed by atoms with Gasteiger partial charge in [-0.05, 0) is 12.8 Å². The molecule has 0 saturated carbocycles. The second-order valence-electron chi connectivity index (χ2n) is 4.66. The van der Waals surface area contributed by atoms with E-state index in [-0.39, 0.29) is 18.9 Å². The third-order valence-corrected chi connectivity index (χ3v) is 2.56. The number of ether oxygens (including phenoxy) is 2. The van der Waals surface area contributed by atoms with Gasteiger partial charge in [0, 0.05) is 6.54 Å². The number of carbonyl (C=O) groups excluding carboxylic acids is 4. The topological polar surface area (TPSA) is 229 Å². The average molecular weight is 346 g/mol. The quantitative estimate of drug-likeness (QED) is 0.0892. The fraction of sp³-hybridized carbons (Fsp3) is 0.583.